The van der Waals surface area contributed by atoms with Crippen molar-refractivity contribution >= 4 is 27.7 Å². The van der Waals surface area contributed by atoms with E-state index >= 15 is 0 Å². The summed E-state index contributed by atoms with van der Waals surface area (Å²) in [5.41, 5.74) is 0.131. The lowest BCUT2D eigenvalue weighted by molar-refractivity contribution is 0.0588. The highest BCUT2D eigenvalue weighted by Crippen LogP contribution is 2.31. The van der Waals surface area contributed by atoms with E-state index in [-0.39, 0.29) is 7.43 Å². The van der Waals surface area contributed by atoms with Crippen LogP contribution in [0.3, 0.4) is 0 Å². The van der Waals surface area contributed by atoms with Gasteiger partial charge in [-0.3, -0.25) is 4.90 Å². The molecule has 0 saturated heterocycles. The van der Waals surface area contributed by atoms with Crippen LogP contribution >= 0.6 is 15.9 Å². The van der Waals surface area contributed by atoms with Crippen molar-refractivity contribution in [2.24, 2.45) is 0 Å². The van der Waals surface area contributed by atoms with Gasteiger partial charge in [-0.25, -0.2) is 4.79 Å². The number of halogens is 1. The van der Waals surface area contributed by atoms with E-state index < -0.39 is 11.7 Å². The zero-order chi connectivity index (χ0) is 13.9. The standard InChI is InChI=1S/C13H18BrNO3.CH4/c1-13(2,3)18-12(16)15(4)10-8-9(14)6-7-11(10)17-5;/h6-8H,1-5H3;1H4. The molecule has 1 aromatic rings. The predicted octanol–water partition coefficient (Wildman–Crippen LogP) is 4.47. The average Bonchev–Trinajstić information content (AvgIpc) is 2.25. The number of carbonyl (C=O) groups is 1. The highest BCUT2D eigenvalue weighted by molar-refractivity contribution is 9.10. The summed E-state index contributed by atoms with van der Waals surface area (Å²) < 4.78 is 11.4. The van der Waals surface area contributed by atoms with Crippen LogP contribution in [0.2, 0.25) is 0 Å². The number of hydrogen-bond acceptors (Lipinski definition) is 3. The van der Waals surface area contributed by atoms with Gasteiger partial charge < -0.3 is 9.47 Å². The predicted molar refractivity (Wildman–Crippen MR) is 82.1 cm³/mol. The molecule has 0 saturated carbocycles. The van der Waals surface area contributed by atoms with Crippen molar-refractivity contribution in [1.82, 2.24) is 0 Å². The number of anilines is 1. The van der Waals surface area contributed by atoms with Crippen LogP contribution in [0.5, 0.6) is 5.75 Å². The normalized spacial score (nSPS) is 10.4. The Kier molecular flexibility index (Phi) is 6.36. The minimum absolute atomic E-state index is 0. The van der Waals surface area contributed by atoms with Gasteiger partial charge in [0.2, 0.25) is 0 Å². The van der Waals surface area contributed by atoms with Crippen molar-refractivity contribution in [2.75, 3.05) is 19.1 Å². The summed E-state index contributed by atoms with van der Waals surface area (Å²) in [5, 5.41) is 0. The van der Waals surface area contributed by atoms with Gasteiger partial charge in [0, 0.05) is 11.5 Å². The SMILES string of the molecule is C.COc1ccc(Br)cc1N(C)C(=O)OC(C)(C)C. The summed E-state index contributed by atoms with van der Waals surface area (Å²) >= 11 is 3.37. The summed E-state index contributed by atoms with van der Waals surface area (Å²) in [7, 11) is 3.22. The van der Waals surface area contributed by atoms with Gasteiger partial charge in [0.15, 0.2) is 0 Å². The van der Waals surface area contributed by atoms with Gasteiger partial charge in [0.1, 0.15) is 11.4 Å². The molecular weight excluding hydrogens is 310 g/mol. The van der Waals surface area contributed by atoms with E-state index in [1.165, 1.54) is 4.90 Å². The molecule has 0 aliphatic carbocycles. The fourth-order valence-electron chi connectivity index (χ4n) is 1.35. The Morgan fingerprint density at radius 1 is 1.32 bits per heavy atom. The third-order valence-corrected chi connectivity index (χ3v) is 2.66. The fraction of sp³-hybridized carbons (Fsp3) is 0.500. The minimum atomic E-state index is -0.523. The zero-order valence-electron chi connectivity index (χ0n) is 11.3. The summed E-state index contributed by atoms with van der Waals surface area (Å²) in [6.07, 6.45) is -0.418. The van der Waals surface area contributed by atoms with Crippen LogP contribution < -0.4 is 9.64 Å². The second kappa shape index (κ2) is 6.80. The summed E-state index contributed by atoms with van der Waals surface area (Å²) in [5.74, 6) is 0.617. The Morgan fingerprint density at radius 2 is 1.89 bits per heavy atom. The van der Waals surface area contributed by atoms with E-state index in [0.29, 0.717) is 11.4 Å². The molecule has 0 unspecified atom stereocenters. The molecule has 0 aliphatic rings. The molecule has 4 nitrogen and oxygen atoms in total. The highest BCUT2D eigenvalue weighted by Gasteiger charge is 2.22. The van der Waals surface area contributed by atoms with Crippen LogP contribution in [0.25, 0.3) is 0 Å². The lowest BCUT2D eigenvalue weighted by Crippen LogP contribution is -2.34. The van der Waals surface area contributed by atoms with Gasteiger partial charge in [0.05, 0.1) is 12.8 Å². The van der Waals surface area contributed by atoms with Crippen molar-refractivity contribution in [3.05, 3.63) is 22.7 Å². The highest BCUT2D eigenvalue weighted by atomic mass is 79.9. The molecule has 0 heterocycles. The van der Waals surface area contributed by atoms with E-state index in [0.717, 1.165) is 4.47 Å². The number of benzene rings is 1. The van der Waals surface area contributed by atoms with E-state index in [2.05, 4.69) is 15.9 Å². The number of ether oxygens (including phenoxy) is 2. The van der Waals surface area contributed by atoms with Gasteiger partial charge >= 0.3 is 6.09 Å². The molecule has 108 valence electrons. The number of amides is 1. The first-order chi connectivity index (χ1) is 8.24. The second-order valence-corrected chi connectivity index (χ2v) is 5.77. The van der Waals surface area contributed by atoms with Crippen molar-refractivity contribution < 1.29 is 14.3 Å². The zero-order valence-corrected chi connectivity index (χ0v) is 12.9. The minimum Gasteiger partial charge on any atom is -0.495 e. The molecule has 0 N–H and O–H groups in total. The summed E-state index contributed by atoms with van der Waals surface area (Å²) in [4.78, 5) is 13.4. The number of nitrogens with zero attached hydrogens (tertiary/aromatic N) is 1. The molecular formula is C14H22BrNO3. The van der Waals surface area contributed by atoms with Crippen LogP contribution in [0.1, 0.15) is 28.2 Å². The monoisotopic (exact) mass is 331 g/mol. The quantitative estimate of drug-likeness (QED) is 0.802. The van der Waals surface area contributed by atoms with Crippen LogP contribution in [0.15, 0.2) is 22.7 Å². The Bertz CT molecular complexity index is 441. The summed E-state index contributed by atoms with van der Waals surface area (Å²) in [6.45, 7) is 5.49. The first-order valence-corrected chi connectivity index (χ1v) is 6.34. The van der Waals surface area contributed by atoms with Gasteiger partial charge in [-0.05, 0) is 39.0 Å². The molecule has 0 radical (unpaired) electrons. The Labute approximate surface area is 123 Å². The van der Waals surface area contributed by atoms with Crippen LogP contribution in [-0.4, -0.2) is 25.9 Å². The topological polar surface area (TPSA) is 38.8 Å². The number of methoxy groups -OCH3 is 1. The lowest BCUT2D eigenvalue weighted by Gasteiger charge is -2.25. The van der Waals surface area contributed by atoms with Crippen LogP contribution in [-0.2, 0) is 4.74 Å². The van der Waals surface area contributed by atoms with Crippen molar-refractivity contribution in [3.8, 4) is 5.75 Å². The first-order valence-electron chi connectivity index (χ1n) is 5.55. The molecule has 0 atom stereocenters. The van der Waals surface area contributed by atoms with Crippen LogP contribution in [0.4, 0.5) is 10.5 Å². The van der Waals surface area contributed by atoms with E-state index in [1.807, 2.05) is 32.9 Å². The molecule has 5 heteroatoms. The molecule has 0 bridgehead atoms. The van der Waals surface area contributed by atoms with Crippen LogP contribution in [0, 0.1) is 0 Å². The molecule has 0 aliphatic heterocycles. The van der Waals surface area contributed by atoms with Crippen molar-refractivity contribution in [2.45, 2.75) is 33.8 Å². The first kappa shape index (κ1) is 17.8. The van der Waals surface area contributed by atoms with E-state index in [1.54, 1.807) is 20.2 Å². The molecule has 19 heavy (non-hydrogen) atoms. The number of carbonyl (C=O) groups excluding carboxylic acids is 1. The third kappa shape index (κ3) is 5.11. The number of hydrogen-bond donors (Lipinski definition) is 0. The maximum absolute atomic E-state index is 12.0. The Balaban J connectivity index is 0.00000324. The molecule has 1 aromatic carbocycles. The maximum Gasteiger partial charge on any atom is 0.414 e. The molecule has 1 rings (SSSR count). The van der Waals surface area contributed by atoms with Crippen molar-refractivity contribution in [3.63, 3.8) is 0 Å². The Morgan fingerprint density at radius 3 is 2.37 bits per heavy atom. The fourth-order valence-corrected chi connectivity index (χ4v) is 1.70. The van der Waals surface area contributed by atoms with E-state index in [4.69, 9.17) is 9.47 Å². The third-order valence-electron chi connectivity index (χ3n) is 2.17. The lowest BCUT2D eigenvalue weighted by atomic mass is 10.2. The molecule has 0 aromatic heterocycles. The average molecular weight is 332 g/mol. The maximum atomic E-state index is 12.0. The Hall–Kier alpha value is -1.23. The van der Waals surface area contributed by atoms with Gasteiger partial charge in [-0.15, -0.1) is 0 Å². The number of rotatable bonds is 2. The van der Waals surface area contributed by atoms with Crippen molar-refractivity contribution in [1.29, 1.82) is 0 Å². The van der Waals surface area contributed by atoms with Gasteiger partial charge in [0.25, 0.3) is 0 Å². The largest absolute Gasteiger partial charge is 0.495 e. The smallest absolute Gasteiger partial charge is 0.414 e. The second-order valence-electron chi connectivity index (χ2n) is 4.86. The summed E-state index contributed by atoms with van der Waals surface area (Å²) in [6, 6.07) is 5.45. The van der Waals surface area contributed by atoms with Gasteiger partial charge in [-0.2, -0.15) is 0 Å². The molecule has 0 spiro atoms. The van der Waals surface area contributed by atoms with E-state index in [9.17, 15) is 4.79 Å². The molecule has 0 fully saturated rings. The van der Waals surface area contributed by atoms with Gasteiger partial charge in [-0.1, -0.05) is 23.4 Å². The molecule has 1 amide bonds.